The largest absolute Gasteiger partial charge is 0.496 e. The monoisotopic (exact) mass is 220 g/mol. The molecular formula is C13H20OSi. The third-order valence-corrected chi connectivity index (χ3v) is 3.72. The summed E-state index contributed by atoms with van der Waals surface area (Å²) in [6.45, 7) is 11.2. The van der Waals surface area contributed by atoms with Gasteiger partial charge in [0.2, 0.25) is 0 Å². The Kier molecular flexibility index (Phi) is 3.75. The predicted molar refractivity (Wildman–Crippen MR) is 70.2 cm³/mol. The fourth-order valence-electron chi connectivity index (χ4n) is 1.67. The van der Waals surface area contributed by atoms with Crippen molar-refractivity contribution < 1.29 is 4.74 Å². The van der Waals surface area contributed by atoms with E-state index in [9.17, 15) is 0 Å². The summed E-state index contributed by atoms with van der Waals surface area (Å²) in [4.78, 5) is 0. The summed E-state index contributed by atoms with van der Waals surface area (Å²) < 4.78 is 5.34. The van der Waals surface area contributed by atoms with Gasteiger partial charge in [0.1, 0.15) is 5.75 Å². The van der Waals surface area contributed by atoms with Crippen LogP contribution in [0, 0.1) is 0 Å². The molecule has 1 nitrogen and oxygen atoms in total. The Balaban J connectivity index is 2.91. The van der Waals surface area contributed by atoms with Crippen molar-refractivity contribution in [1.29, 1.82) is 0 Å². The SMILES string of the molecule is C=C(C[Si](C)(C)C)c1ccccc1OC. The summed E-state index contributed by atoms with van der Waals surface area (Å²) in [5.74, 6) is 0.931. The van der Waals surface area contributed by atoms with Gasteiger partial charge in [-0.1, -0.05) is 44.4 Å². The molecule has 0 saturated heterocycles. The van der Waals surface area contributed by atoms with E-state index < -0.39 is 8.07 Å². The molecule has 0 amide bonds. The van der Waals surface area contributed by atoms with E-state index in [4.69, 9.17) is 4.74 Å². The molecule has 0 atom stereocenters. The maximum atomic E-state index is 5.34. The molecule has 1 aromatic carbocycles. The van der Waals surface area contributed by atoms with E-state index in [1.807, 2.05) is 18.2 Å². The molecule has 1 rings (SSSR count). The second-order valence-electron chi connectivity index (χ2n) is 5.04. The quantitative estimate of drug-likeness (QED) is 0.696. The molecular weight excluding hydrogens is 200 g/mol. The topological polar surface area (TPSA) is 9.23 Å². The zero-order valence-corrected chi connectivity index (χ0v) is 11.1. The summed E-state index contributed by atoms with van der Waals surface area (Å²) in [6.07, 6.45) is 0. The van der Waals surface area contributed by atoms with Gasteiger partial charge in [-0.2, -0.15) is 0 Å². The summed E-state index contributed by atoms with van der Waals surface area (Å²) in [5, 5.41) is 0. The lowest BCUT2D eigenvalue weighted by Crippen LogP contribution is -2.19. The lowest BCUT2D eigenvalue weighted by atomic mass is 10.1. The van der Waals surface area contributed by atoms with Gasteiger partial charge >= 0.3 is 0 Å². The van der Waals surface area contributed by atoms with E-state index in [1.54, 1.807) is 7.11 Å². The minimum atomic E-state index is -1.09. The highest BCUT2D eigenvalue weighted by Crippen LogP contribution is 2.30. The van der Waals surface area contributed by atoms with E-state index in [-0.39, 0.29) is 0 Å². The van der Waals surface area contributed by atoms with Crippen LogP contribution in [0.3, 0.4) is 0 Å². The molecule has 0 N–H and O–H groups in total. The van der Waals surface area contributed by atoms with Crippen molar-refractivity contribution in [1.82, 2.24) is 0 Å². The van der Waals surface area contributed by atoms with Gasteiger partial charge in [-0.25, -0.2) is 0 Å². The van der Waals surface area contributed by atoms with Crippen molar-refractivity contribution >= 4 is 13.6 Å². The van der Waals surface area contributed by atoms with Crippen molar-refractivity contribution in [3.8, 4) is 5.75 Å². The minimum absolute atomic E-state index is 0.931. The molecule has 0 aliphatic rings. The molecule has 0 unspecified atom stereocenters. The zero-order chi connectivity index (χ0) is 11.5. The predicted octanol–water partition coefficient (Wildman–Crippen LogP) is 4.05. The number of ether oxygens (including phenoxy) is 1. The van der Waals surface area contributed by atoms with Crippen molar-refractivity contribution in [2.75, 3.05) is 7.11 Å². The normalized spacial score (nSPS) is 11.2. The molecule has 1 aromatic rings. The molecule has 0 spiro atoms. The van der Waals surface area contributed by atoms with Gasteiger partial charge in [0.05, 0.1) is 7.11 Å². The zero-order valence-electron chi connectivity index (χ0n) is 10.1. The Morgan fingerprint density at radius 2 is 1.87 bits per heavy atom. The number of methoxy groups -OCH3 is 1. The molecule has 0 heterocycles. The van der Waals surface area contributed by atoms with Crippen molar-refractivity contribution in [3.05, 3.63) is 36.4 Å². The van der Waals surface area contributed by atoms with Crippen molar-refractivity contribution in [2.45, 2.75) is 25.7 Å². The van der Waals surface area contributed by atoms with Gasteiger partial charge in [-0.05, 0) is 17.7 Å². The lowest BCUT2D eigenvalue weighted by molar-refractivity contribution is 0.413. The summed E-state index contributed by atoms with van der Waals surface area (Å²) >= 11 is 0. The Labute approximate surface area is 93.8 Å². The number of para-hydroxylation sites is 1. The van der Waals surface area contributed by atoms with Crippen LogP contribution in [-0.2, 0) is 0 Å². The fraction of sp³-hybridized carbons (Fsp3) is 0.385. The molecule has 0 bridgehead atoms. The van der Waals surface area contributed by atoms with Gasteiger partial charge in [-0.15, -0.1) is 0 Å². The summed E-state index contributed by atoms with van der Waals surface area (Å²) in [6, 6.07) is 9.22. The average Bonchev–Trinajstić information content (AvgIpc) is 2.15. The van der Waals surface area contributed by atoms with Crippen LogP contribution in [0.1, 0.15) is 5.56 Å². The van der Waals surface area contributed by atoms with Gasteiger partial charge in [-0.3, -0.25) is 0 Å². The average molecular weight is 220 g/mol. The third kappa shape index (κ3) is 3.55. The van der Waals surface area contributed by atoms with Crippen LogP contribution in [0.25, 0.3) is 5.57 Å². The Hall–Kier alpha value is -1.02. The summed E-state index contributed by atoms with van der Waals surface area (Å²) in [5.41, 5.74) is 2.36. The number of rotatable bonds is 4. The Morgan fingerprint density at radius 1 is 1.27 bits per heavy atom. The molecule has 15 heavy (non-hydrogen) atoms. The van der Waals surface area contributed by atoms with Crippen LogP contribution in [-0.4, -0.2) is 15.2 Å². The minimum Gasteiger partial charge on any atom is -0.496 e. The van der Waals surface area contributed by atoms with Crippen molar-refractivity contribution in [3.63, 3.8) is 0 Å². The lowest BCUT2D eigenvalue weighted by Gasteiger charge is -2.19. The van der Waals surface area contributed by atoms with E-state index in [0.29, 0.717) is 0 Å². The third-order valence-electron chi connectivity index (χ3n) is 2.23. The van der Waals surface area contributed by atoms with Crippen LogP contribution in [0.2, 0.25) is 25.7 Å². The fourth-order valence-corrected chi connectivity index (χ4v) is 3.14. The summed E-state index contributed by atoms with van der Waals surface area (Å²) in [7, 11) is 0.615. The molecule has 0 aliphatic carbocycles. The van der Waals surface area contributed by atoms with Crippen LogP contribution in [0.15, 0.2) is 30.8 Å². The maximum absolute atomic E-state index is 5.34. The second kappa shape index (κ2) is 4.66. The van der Waals surface area contributed by atoms with Gasteiger partial charge < -0.3 is 4.74 Å². The van der Waals surface area contributed by atoms with Gasteiger partial charge in [0, 0.05) is 13.6 Å². The van der Waals surface area contributed by atoms with Crippen LogP contribution >= 0.6 is 0 Å². The highest BCUT2D eigenvalue weighted by Gasteiger charge is 2.16. The highest BCUT2D eigenvalue weighted by atomic mass is 28.3. The number of benzene rings is 1. The maximum Gasteiger partial charge on any atom is 0.126 e. The molecule has 0 saturated carbocycles. The first-order chi connectivity index (χ1) is 6.94. The molecule has 2 heteroatoms. The van der Waals surface area contributed by atoms with E-state index in [0.717, 1.165) is 17.4 Å². The molecule has 0 fully saturated rings. The second-order valence-corrected chi connectivity index (χ2v) is 10.5. The van der Waals surface area contributed by atoms with E-state index >= 15 is 0 Å². The first-order valence-corrected chi connectivity index (χ1v) is 8.96. The van der Waals surface area contributed by atoms with E-state index in [2.05, 4.69) is 32.3 Å². The first kappa shape index (κ1) is 12.0. The molecule has 82 valence electrons. The van der Waals surface area contributed by atoms with Crippen LogP contribution < -0.4 is 4.74 Å². The molecule has 0 radical (unpaired) electrons. The van der Waals surface area contributed by atoms with E-state index in [1.165, 1.54) is 5.57 Å². The number of hydrogen-bond acceptors (Lipinski definition) is 1. The Bertz CT molecular complexity index is 350. The standard InChI is InChI=1S/C13H20OSi/c1-11(10-15(3,4)5)12-8-6-7-9-13(12)14-2/h6-9H,1,10H2,2-5H3. The highest BCUT2D eigenvalue weighted by molar-refractivity contribution is 6.77. The smallest absolute Gasteiger partial charge is 0.126 e. The number of allylic oxidation sites excluding steroid dienone is 1. The number of hydrogen-bond donors (Lipinski definition) is 0. The Morgan fingerprint density at radius 3 is 2.40 bits per heavy atom. The van der Waals surface area contributed by atoms with Crippen LogP contribution in [0.5, 0.6) is 5.75 Å². The molecule has 0 aromatic heterocycles. The van der Waals surface area contributed by atoms with Gasteiger partial charge in [0.25, 0.3) is 0 Å². The molecule has 0 aliphatic heterocycles. The first-order valence-electron chi connectivity index (χ1n) is 5.25. The van der Waals surface area contributed by atoms with Crippen LogP contribution in [0.4, 0.5) is 0 Å². The van der Waals surface area contributed by atoms with Gasteiger partial charge in [0.15, 0.2) is 0 Å². The van der Waals surface area contributed by atoms with Crippen molar-refractivity contribution in [2.24, 2.45) is 0 Å².